The molecule has 0 amide bonds. The minimum absolute atomic E-state index is 0.492. The molecule has 4 heteroatoms. The summed E-state index contributed by atoms with van der Waals surface area (Å²) in [6.45, 7) is 0. The zero-order chi connectivity index (χ0) is 9.80. The highest BCUT2D eigenvalue weighted by atomic mass is 14.9. The molecule has 0 saturated carbocycles. The molecule has 0 aliphatic rings. The van der Waals surface area contributed by atoms with Gasteiger partial charge >= 0.3 is 0 Å². The smallest absolute Gasteiger partial charge is 0.127 e. The van der Waals surface area contributed by atoms with Crippen LogP contribution >= 0.6 is 0 Å². The molecule has 2 heterocycles. The van der Waals surface area contributed by atoms with Gasteiger partial charge in [-0.3, -0.25) is 4.98 Å². The van der Waals surface area contributed by atoms with Crippen LogP contribution in [0, 0.1) is 0 Å². The lowest BCUT2D eigenvalue weighted by Gasteiger charge is -1.99. The van der Waals surface area contributed by atoms with Gasteiger partial charge in [0, 0.05) is 24.4 Å². The Morgan fingerprint density at radius 1 is 1.07 bits per heavy atom. The first-order chi connectivity index (χ1) is 6.84. The fraction of sp³-hybridized carbons (Fsp3) is 0.100. The van der Waals surface area contributed by atoms with E-state index in [4.69, 9.17) is 5.73 Å². The summed E-state index contributed by atoms with van der Waals surface area (Å²) in [5.74, 6) is 0.492. The minimum Gasteiger partial charge on any atom is -0.384 e. The van der Waals surface area contributed by atoms with Crippen LogP contribution < -0.4 is 5.73 Å². The molecule has 0 radical (unpaired) electrons. The first-order valence-electron chi connectivity index (χ1n) is 4.31. The molecule has 0 aliphatic carbocycles. The molecular formula is C10H10N4. The lowest BCUT2D eigenvalue weighted by Crippen LogP contribution is -1.98. The fourth-order valence-corrected chi connectivity index (χ4v) is 1.20. The Kier molecular flexibility index (Phi) is 2.36. The van der Waals surface area contributed by atoms with Crippen LogP contribution in [0.2, 0.25) is 0 Å². The molecule has 2 aromatic heterocycles. The van der Waals surface area contributed by atoms with E-state index in [1.165, 1.54) is 6.33 Å². The van der Waals surface area contributed by atoms with E-state index in [0.717, 1.165) is 11.4 Å². The second-order valence-electron chi connectivity index (χ2n) is 2.93. The molecule has 2 rings (SSSR count). The Balaban J connectivity index is 2.19. The normalized spacial score (nSPS) is 10.0. The van der Waals surface area contributed by atoms with Gasteiger partial charge in [-0.1, -0.05) is 6.07 Å². The Labute approximate surface area is 81.9 Å². The highest BCUT2D eigenvalue weighted by Crippen LogP contribution is 2.05. The third kappa shape index (κ3) is 2.04. The van der Waals surface area contributed by atoms with Gasteiger partial charge in [0.2, 0.25) is 0 Å². The molecule has 0 spiro atoms. The van der Waals surface area contributed by atoms with Gasteiger partial charge in [-0.05, 0) is 12.1 Å². The van der Waals surface area contributed by atoms with Crippen molar-refractivity contribution in [2.75, 3.05) is 5.73 Å². The SMILES string of the molecule is Nc1cc(Cc2ccccn2)ncn1. The Morgan fingerprint density at radius 3 is 2.71 bits per heavy atom. The number of hydrogen-bond donors (Lipinski definition) is 1. The standard InChI is InChI=1S/C10H10N4/c11-10-6-9(13-7-14-10)5-8-3-1-2-4-12-8/h1-4,6-7H,5H2,(H2,11,13,14). The Hall–Kier alpha value is -1.97. The third-order valence-electron chi connectivity index (χ3n) is 1.83. The number of anilines is 1. The van der Waals surface area contributed by atoms with E-state index >= 15 is 0 Å². The number of nitrogen functional groups attached to an aromatic ring is 1. The van der Waals surface area contributed by atoms with Crippen molar-refractivity contribution < 1.29 is 0 Å². The maximum Gasteiger partial charge on any atom is 0.127 e. The van der Waals surface area contributed by atoms with Crippen molar-refractivity contribution in [3.8, 4) is 0 Å². The van der Waals surface area contributed by atoms with Crippen LogP contribution in [-0.4, -0.2) is 15.0 Å². The van der Waals surface area contributed by atoms with Crippen LogP contribution in [0.1, 0.15) is 11.4 Å². The molecule has 14 heavy (non-hydrogen) atoms. The summed E-state index contributed by atoms with van der Waals surface area (Å²) < 4.78 is 0. The zero-order valence-corrected chi connectivity index (χ0v) is 7.59. The van der Waals surface area contributed by atoms with Crippen molar-refractivity contribution in [1.82, 2.24) is 15.0 Å². The molecule has 70 valence electrons. The molecule has 0 aromatic carbocycles. The summed E-state index contributed by atoms with van der Waals surface area (Å²) >= 11 is 0. The van der Waals surface area contributed by atoms with Crippen molar-refractivity contribution in [1.29, 1.82) is 0 Å². The predicted octanol–water partition coefficient (Wildman–Crippen LogP) is 1.04. The Morgan fingerprint density at radius 2 is 2.00 bits per heavy atom. The summed E-state index contributed by atoms with van der Waals surface area (Å²) in [5, 5.41) is 0. The van der Waals surface area contributed by atoms with Gasteiger partial charge in [-0.15, -0.1) is 0 Å². The van der Waals surface area contributed by atoms with Gasteiger partial charge in [0.1, 0.15) is 12.1 Å². The number of pyridine rings is 1. The van der Waals surface area contributed by atoms with Crippen molar-refractivity contribution in [3.05, 3.63) is 48.2 Å². The molecule has 0 atom stereocenters. The summed E-state index contributed by atoms with van der Waals surface area (Å²) in [7, 11) is 0. The molecule has 4 nitrogen and oxygen atoms in total. The number of nitrogens with zero attached hydrogens (tertiary/aromatic N) is 3. The number of nitrogens with two attached hydrogens (primary N) is 1. The van der Waals surface area contributed by atoms with Gasteiger partial charge in [0.15, 0.2) is 0 Å². The molecule has 0 aliphatic heterocycles. The van der Waals surface area contributed by atoms with Crippen LogP contribution in [0.4, 0.5) is 5.82 Å². The third-order valence-corrected chi connectivity index (χ3v) is 1.83. The molecule has 0 bridgehead atoms. The molecule has 2 N–H and O–H groups in total. The molecule has 2 aromatic rings. The van der Waals surface area contributed by atoms with Crippen molar-refractivity contribution in [3.63, 3.8) is 0 Å². The lowest BCUT2D eigenvalue weighted by atomic mass is 10.2. The van der Waals surface area contributed by atoms with Crippen LogP contribution in [0.25, 0.3) is 0 Å². The van der Waals surface area contributed by atoms with Gasteiger partial charge in [-0.25, -0.2) is 9.97 Å². The lowest BCUT2D eigenvalue weighted by molar-refractivity contribution is 0.989. The van der Waals surface area contributed by atoms with E-state index < -0.39 is 0 Å². The summed E-state index contributed by atoms with van der Waals surface area (Å²) in [6, 6.07) is 7.55. The Bertz CT molecular complexity index is 413. The monoisotopic (exact) mass is 186 g/mol. The largest absolute Gasteiger partial charge is 0.384 e. The van der Waals surface area contributed by atoms with Gasteiger partial charge in [0.25, 0.3) is 0 Å². The summed E-state index contributed by atoms with van der Waals surface area (Å²) in [5.41, 5.74) is 7.40. The maximum atomic E-state index is 5.54. The van der Waals surface area contributed by atoms with Crippen LogP contribution in [0.3, 0.4) is 0 Å². The van der Waals surface area contributed by atoms with Crippen molar-refractivity contribution >= 4 is 5.82 Å². The molecule has 0 fully saturated rings. The first kappa shape index (κ1) is 8.62. The van der Waals surface area contributed by atoms with E-state index in [0.29, 0.717) is 12.2 Å². The van der Waals surface area contributed by atoms with Crippen molar-refractivity contribution in [2.45, 2.75) is 6.42 Å². The van der Waals surface area contributed by atoms with E-state index in [-0.39, 0.29) is 0 Å². The van der Waals surface area contributed by atoms with Crippen LogP contribution in [0.15, 0.2) is 36.8 Å². The van der Waals surface area contributed by atoms with E-state index in [9.17, 15) is 0 Å². The zero-order valence-electron chi connectivity index (χ0n) is 7.59. The van der Waals surface area contributed by atoms with Gasteiger partial charge < -0.3 is 5.73 Å². The van der Waals surface area contributed by atoms with E-state index in [2.05, 4.69) is 15.0 Å². The number of hydrogen-bond acceptors (Lipinski definition) is 4. The van der Waals surface area contributed by atoms with E-state index in [1.54, 1.807) is 12.3 Å². The molecule has 0 saturated heterocycles. The summed E-state index contributed by atoms with van der Waals surface area (Å²) in [4.78, 5) is 12.1. The first-order valence-corrected chi connectivity index (χ1v) is 4.31. The van der Waals surface area contributed by atoms with E-state index in [1.807, 2.05) is 18.2 Å². The quantitative estimate of drug-likeness (QED) is 0.761. The van der Waals surface area contributed by atoms with Gasteiger partial charge in [-0.2, -0.15) is 0 Å². The highest BCUT2D eigenvalue weighted by molar-refractivity contribution is 5.29. The highest BCUT2D eigenvalue weighted by Gasteiger charge is 1.98. The van der Waals surface area contributed by atoms with Crippen molar-refractivity contribution in [2.24, 2.45) is 0 Å². The average molecular weight is 186 g/mol. The van der Waals surface area contributed by atoms with Gasteiger partial charge in [0.05, 0.1) is 5.69 Å². The van der Waals surface area contributed by atoms with Crippen LogP contribution in [0.5, 0.6) is 0 Å². The molecular weight excluding hydrogens is 176 g/mol. The topological polar surface area (TPSA) is 64.7 Å². The second-order valence-corrected chi connectivity index (χ2v) is 2.93. The number of aromatic nitrogens is 3. The fourth-order valence-electron chi connectivity index (χ4n) is 1.20. The maximum absolute atomic E-state index is 5.54. The molecule has 0 unspecified atom stereocenters. The second kappa shape index (κ2) is 3.83. The van der Waals surface area contributed by atoms with Crippen LogP contribution in [-0.2, 0) is 6.42 Å². The average Bonchev–Trinajstić information content (AvgIpc) is 2.19. The summed E-state index contributed by atoms with van der Waals surface area (Å²) in [6.07, 6.45) is 3.92. The predicted molar refractivity (Wildman–Crippen MR) is 53.5 cm³/mol. The number of rotatable bonds is 2. The minimum atomic E-state index is 0.492.